The maximum absolute atomic E-state index is 12.9. The number of hydrogen-bond acceptors (Lipinski definition) is 3. The zero-order chi connectivity index (χ0) is 19.3. The normalized spacial score (nSPS) is 12.8. The van der Waals surface area contributed by atoms with Crippen molar-refractivity contribution in [3.05, 3.63) is 64.9 Å². The number of sulfonamides is 1. The molecule has 0 saturated heterocycles. The summed E-state index contributed by atoms with van der Waals surface area (Å²) in [6, 6.07) is 10.5. The summed E-state index contributed by atoms with van der Waals surface area (Å²) in [7, 11) is -3.91. The zero-order valence-corrected chi connectivity index (χ0v) is 15.9. The predicted octanol–water partition coefficient (Wildman–Crippen LogP) is 3.10. The van der Waals surface area contributed by atoms with Crippen LogP contribution >= 0.6 is 11.6 Å². The number of amides is 1. The first-order valence-corrected chi connectivity index (χ1v) is 9.85. The van der Waals surface area contributed by atoms with Crippen LogP contribution in [0.25, 0.3) is 0 Å². The lowest BCUT2D eigenvalue weighted by Crippen LogP contribution is -2.49. The molecule has 0 spiro atoms. The molecule has 140 valence electrons. The molecule has 5 nitrogen and oxygen atoms in total. The van der Waals surface area contributed by atoms with Gasteiger partial charge in [0.05, 0.1) is 4.90 Å². The third-order valence-corrected chi connectivity index (χ3v) is 5.39. The number of rotatable bonds is 7. The van der Waals surface area contributed by atoms with Crippen LogP contribution in [0, 0.1) is 11.7 Å². The van der Waals surface area contributed by atoms with Gasteiger partial charge in [-0.15, -0.1) is 0 Å². The minimum Gasteiger partial charge on any atom is -0.351 e. The van der Waals surface area contributed by atoms with E-state index in [4.69, 9.17) is 11.6 Å². The van der Waals surface area contributed by atoms with Crippen molar-refractivity contribution in [3.8, 4) is 0 Å². The number of halogens is 2. The molecular formula is C18H20ClFN2O3S. The van der Waals surface area contributed by atoms with E-state index in [-0.39, 0.29) is 28.2 Å². The molecule has 0 aromatic heterocycles. The lowest BCUT2D eigenvalue weighted by molar-refractivity contribution is -0.123. The topological polar surface area (TPSA) is 75.3 Å². The Morgan fingerprint density at radius 1 is 1.15 bits per heavy atom. The molecule has 1 atom stereocenters. The molecule has 0 heterocycles. The summed E-state index contributed by atoms with van der Waals surface area (Å²) >= 11 is 5.84. The average molecular weight is 399 g/mol. The first kappa shape index (κ1) is 20.4. The van der Waals surface area contributed by atoms with E-state index in [0.717, 1.165) is 0 Å². The molecule has 26 heavy (non-hydrogen) atoms. The molecule has 0 aliphatic heterocycles. The molecular weight excluding hydrogens is 379 g/mol. The van der Waals surface area contributed by atoms with Crippen LogP contribution < -0.4 is 10.0 Å². The standard InChI is InChI=1S/C18H20ClFN2O3S/c1-12(2)17(18(23)21-11-13-6-8-15(20)9-7-13)22-26(24,25)16-5-3-4-14(19)10-16/h3-10,12,17,22H,11H2,1-2H3,(H,21,23)/t17-/m1/s1. The predicted molar refractivity (Wildman–Crippen MR) is 98.6 cm³/mol. The quantitative estimate of drug-likeness (QED) is 0.752. The first-order valence-electron chi connectivity index (χ1n) is 7.99. The van der Waals surface area contributed by atoms with Gasteiger partial charge in [0, 0.05) is 11.6 Å². The maximum atomic E-state index is 12.9. The van der Waals surface area contributed by atoms with Crippen LogP contribution in [0.3, 0.4) is 0 Å². The van der Waals surface area contributed by atoms with Gasteiger partial charge in [0.1, 0.15) is 11.9 Å². The van der Waals surface area contributed by atoms with E-state index < -0.39 is 22.0 Å². The highest BCUT2D eigenvalue weighted by molar-refractivity contribution is 7.89. The summed E-state index contributed by atoms with van der Waals surface area (Å²) in [4.78, 5) is 12.5. The lowest BCUT2D eigenvalue weighted by Gasteiger charge is -2.21. The van der Waals surface area contributed by atoms with Crippen molar-refractivity contribution in [3.63, 3.8) is 0 Å². The van der Waals surface area contributed by atoms with Gasteiger partial charge in [0.15, 0.2) is 0 Å². The molecule has 2 rings (SSSR count). The van der Waals surface area contributed by atoms with Crippen molar-refractivity contribution in [2.75, 3.05) is 0 Å². The molecule has 0 aliphatic carbocycles. The number of hydrogen-bond donors (Lipinski definition) is 2. The van der Waals surface area contributed by atoms with E-state index >= 15 is 0 Å². The molecule has 2 aromatic rings. The van der Waals surface area contributed by atoms with Gasteiger partial charge in [-0.05, 0) is 41.8 Å². The second kappa shape index (κ2) is 8.62. The van der Waals surface area contributed by atoms with Crippen molar-refractivity contribution in [2.45, 2.75) is 31.3 Å². The monoisotopic (exact) mass is 398 g/mol. The second-order valence-electron chi connectivity index (χ2n) is 6.14. The molecule has 1 amide bonds. The number of carbonyl (C=O) groups is 1. The van der Waals surface area contributed by atoms with Gasteiger partial charge in [-0.1, -0.05) is 43.6 Å². The molecule has 0 saturated carbocycles. The highest BCUT2D eigenvalue weighted by atomic mass is 35.5. The minimum absolute atomic E-state index is 0.0121. The van der Waals surface area contributed by atoms with Crippen LogP contribution in [-0.2, 0) is 21.4 Å². The van der Waals surface area contributed by atoms with Gasteiger partial charge < -0.3 is 5.32 Å². The van der Waals surface area contributed by atoms with Crippen molar-refractivity contribution in [1.82, 2.24) is 10.0 Å². The fourth-order valence-corrected chi connectivity index (χ4v) is 3.91. The summed E-state index contributed by atoms with van der Waals surface area (Å²) < 4.78 is 40.4. The Bertz CT molecular complexity index is 870. The SMILES string of the molecule is CC(C)[C@@H](NS(=O)(=O)c1cccc(Cl)c1)C(=O)NCc1ccc(F)cc1. The summed E-state index contributed by atoms with van der Waals surface area (Å²) in [5.74, 6) is -1.11. The van der Waals surface area contributed by atoms with Crippen LogP contribution in [0.4, 0.5) is 4.39 Å². The third-order valence-electron chi connectivity index (χ3n) is 3.72. The average Bonchev–Trinajstić information content (AvgIpc) is 2.59. The van der Waals surface area contributed by atoms with Gasteiger partial charge in [0.25, 0.3) is 0 Å². The van der Waals surface area contributed by atoms with Crippen LogP contribution in [-0.4, -0.2) is 20.4 Å². The van der Waals surface area contributed by atoms with E-state index in [9.17, 15) is 17.6 Å². The van der Waals surface area contributed by atoms with Crippen molar-refractivity contribution in [1.29, 1.82) is 0 Å². The van der Waals surface area contributed by atoms with Gasteiger partial charge in [0.2, 0.25) is 15.9 Å². The van der Waals surface area contributed by atoms with E-state index in [1.54, 1.807) is 32.0 Å². The Labute approximate surface area is 157 Å². The molecule has 0 aliphatic rings. The fraction of sp³-hybridized carbons (Fsp3) is 0.278. The molecule has 0 bridgehead atoms. The summed E-state index contributed by atoms with van der Waals surface area (Å²) in [5.41, 5.74) is 0.708. The highest BCUT2D eigenvalue weighted by Gasteiger charge is 2.28. The lowest BCUT2D eigenvalue weighted by atomic mass is 10.0. The number of nitrogens with one attached hydrogen (secondary N) is 2. The molecule has 2 aromatic carbocycles. The molecule has 0 unspecified atom stereocenters. The van der Waals surface area contributed by atoms with Gasteiger partial charge in [-0.25, -0.2) is 12.8 Å². The maximum Gasteiger partial charge on any atom is 0.241 e. The zero-order valence-electron chi connectivity index (χ0n) is 14.4. The summed E-state index contributed by atoms with van der Waals surface area (Å²) in [6.07, 6.45) is 0. The largest absolute Gasteiger partial charge is 0.351 e. The van der Waals surface area contributed by atoms with Crippen molar-refractivity contribution < 1.29 is 17.6 Å². The Balaban J connectivity index is 2.09. The van der Waals surface area contributed by atoms with Crippen LogP contribution in [0.1, 0.15) is 19.4 Å². The first-order chi connectivity index (χ1) is 12.2. The molecule has 0 fully saturated rings. The number of carbonyl (C=O) groups excluding carboxylic acids is 1. The molecule has 0 radical (unpaired) electrons. The Morgan fingerprint density at radius 3 is 2.38 bits per heavy atom. The van der Waals surface area contributed by atoms with Gasteiger partial charge in [-0.3, -0.25) is 4.79 Å². The second-order valence-corrected chi connectivity index (χ2v) is 8.30. The van der Waals surface area contributed by atoms with Crippen molar-refractivity contribution >= 4 is 27.5 Å². The summed E-state index contributed by atoms with van der Waals surface area (Å²) in [6.45, 7) is 3.65. The summed E-state index contributed by atoms with van der Waals surface area (Å²) in [5, 5.41) is 2.96. The Morgan fingerprint density at radius 2 is 1.81 bits per heavy atom. The van der Waals surface area contributed by atoms with Gasteiger partial charge >= 0.3 is 0 Å². The van der Waals surface area contributed by atoms with E-state index in [1.165, 1.54) is 30.3 Å². The Kier molecular flexibility index (Phi) is 6.75. The van der Waals surface area contributed by atoms with Crippen LogP contribution in [0.2, 0.25) is 5.02 Å². The smallest absolute Gasteiger partial charge is 0.241 e. The molecule has 8 heteroatoms. The van der Waals surface area contributed by atoms with Crippen molar-refractivity contribution in [2.24, 2.45) is 5.92 Å². The van der Waals surface area contributed by atoms with E-state index in [1.807, 2.05) is 0 Å². The fourth-order valence-electron chi connectivity index (χ4n) is 2.26. The number of benzene rings is 2. The van der Waals surface area contributed by atoms with Crippen LogP contribution in [0.15, 0.2) is 53.4 Å². The third kappa shape index (κ3) is 5.52. The van der Waals surface area contributed by atoms with Gasteiger partial charge in [-0.2, -0.15) is 4.72 Å². The highest BCUT2D eigenvalue weighted by Crippen LogP contribution is 2.17. The van der Waals surface area contributed by atoms with E-state index in [2.05, 4.69) is 10.0 Å². The van der Waals surface area contributed by atoms with Crippen LogP contribution in [0.5, 0.6) is 0 Å². The Hall–Kier alpha value is -1.96. The minimum atomic E-state index is -3.91. The molecule has 2 N–H and O–H groups in total. The van der Waals surface area contributed by atoms with E-state index in [0.29, 0.717) is 5.56 Å².